The largest absolute Gasteiger partial charge is 0.350 e. The van der Waals surface area contributed by atoms with E-state index >= 15 is 0 Å². The smallest absolute Gasteiger partial charge is 0.234 e. The lowest BCUT2D eigenvalue weighted by molar-refractivity contribution is -0.121. The normalized spacial score (nSPS) is 13.7. The molecule has 90 valence electrons. The summed E-state index contributed by atoms with van der Waals surface area (Å²) >= 11 is 1.80. The summed E-state index contributed by atoms with van der Waals surface area (Å²) in [7, 11) is 0. The van der Waals surface area contributed by atoms with Crippen LogP contribution >= 0.6 is 11.8 Å². The molecule has 0 aromatic heterocycles. The van der Waals surface area contributed by atoms with Gasteiger partial charge < -0.3 is 10.6 Å². The molecule has 3 nitrogen and oxygen atoms in total. The molecule has 0 aromatic carbocycles. The van der Waals surface area contributed by atoms with Gasteiger partial charge in [-0.15, -0.1) is 0 Å². The van der Waals surface area contributed by atoms with Crippen molar-refractivity contribution in [1.29, 1.82) is 0 Å². The number of carbonyl (C=O) groups excluding carboxylic acids is 1. The lowest BCUT2D eigenvalue weighted by Crippen LogP contribution is -2.47. The molecule has 0 radical (unpaired) electrons. The molecule has 4 heteroatoms. The Labute approximate surface area is 97.8 Å². The SMILES string of the molecule is CCC(C)(C)NC(=O)CNCC(C)SC. The zero-order chi connectivity index (χ0) is 11.9. The van der Waals surface area contributed by atoms with Crippen molar-refractivity contribution in [3.8, 4) is 0 Å². The Morgan fingerprint density at radius 3 is 2.53 bits per heavy atom. The number of hydrogen-bond acceptors (Lipinski definition) is 3. The predicted molar refractivity (Wildman–Crippen MR) is 68.4 cm³/mol. The summed E-state index contributed by atoms with van der Waals surface area (Å²) in [5.74, 6) is 0.0788. The maximum Gasteiger partial charge on any atom is 0.234 e. The Hall–Kier alpha value is -0.220. The van der Waals surface area contributed by atoms with E-state index in [9.17, 15) is 4.79 Å². The molecule has 15 heavy (non-hydrogen) atoms. The highest BCUT2D eigenvalue weighted by Gasteiger charge is 2.17. The van der Waals surface area contributed by atoms with Gasteiger partial charge in [0.25, 0.3) is 0 Å². The number of amides is 1. The molecule has 0 saturated carbocycles. The van der Waals surface area contributed by atoms with E-state index in [2.05, 4.69) is 30.7 Å². The second-order valence-electron chi connectivity index (χ2n) is 4.46. The summed E-state index contributed by atoms with van der Waals surface area (Å²) in [5.41, 5.74) is -0.0934. The van der Waals surface area contributed by atoms with Gasteiger partial charge in [-0.05, 0) is 26.5 Å². The van der Waals surface area contributed by atoms with E-state index in [1.807, 2.05) is 13.8 Å². The molecule has 1 atom stereocenters. The van der Waals surface area contributed by atoms with E-state index in [0.29, 0.717) is 11.8 Å². The Kier molecular flexibility index (Phi) is 7.02. The monoisotopic (exact) mass is 232 g/mol. The van der Waals surface area contributed by atoms with E-state index in [4.69, 9.17) is 0 Å². The van der Waals surface area contributed by atoms with Crippen molar-refractivity contribution in [3.63, 3.8) is 0 Å². The van der Waals surface area contributed by atoms with Crippen LogP contribution in [0.1, 0.15) is 34.1 Å². The van der Waals surface area contributed by atoms with Crippen molar-refractivity contribution in [1.82, 2.24) is 10.6 Å². The molecular weight excluding hydrogens is 208 g/mol. The first-order valence-electron chi connectivity index (χ1n) is 5.45. The van der Waals surface area contributed by atoms with Crippen LogP contribution in [0.3, 0.4) is 0 Å². The van der Waals surface area contributed by atoms with Gasteiger partial charge in [0, 0.05) is 17.3 Å². The third-order valence-electron chi connectivity index (χ3n) is 2.48. The fourth-order valence-corrected chi connectivity index (χ4v) is 1.27. The first kappa shape index (κ1) is 14.8. The topological polar surface area (TPSA) is 41.1 Å². The van der Waals surface area contributed by atoms with Crippen LogP contribution in [0.25, 0.3) is 0 Å². The predicted octanol–water partition coefficient (Wildman–Crippen LogP) is 1.63. The standard InChI is InChI=1S/C11H24N2OS/c1-6-11(3,4)13-10(14)8-12-7-9(2)15-5/h9,12H,6-8H2,1-5H3,(H,13,14). The van der Waals surface area contributed by atoms with Gasteiger partial charge in [-0.2, -0.15) is 11.8 Å². The third kappa shape index (κ3) is 7.68. The van der Waals surface area contributed by atoms with Crippen molar-refractivity contribution in [2.75, 3.05) is 19.3 Å². The molecule has 0 bridgehead atoms. The van der Waals surface area contributed by atoms with Crippen LogP contribution in [0, 0.1) is 0 Å². The van der Waals surface area contributed by atoms with E-state index in [0.717, 1.165) is 13.0 Å². The van der Waals surface area contributed by atoms with Crippen molar-refractivity contribution >= 4 is 17.7 Å². The van der Waals surface area contributed by atoms with Crippen molar-refractivity contribution < 1.29 is 4.79 Å². The van der Waals surface area contributed by atoms with Crippen LogP contribution < -0.4 is 10.6 Å². The van der Waals surface area contributed by atoms with Gasteiger partial charge in [0.2, 0.25) is 5.91 Å². The van der Waals surface area contributed by atoms with Crippen LogP contribution in [0.15, 0.2) is 0 Å². The van der Waals surface area contributed by atoms with Gasteiger partial charge in [0.15, 0.2) is 0 Å². The molecule has 1 unspecified atom stereocenters. The molecule has 0 heterocycles. The minimum Gasteiger partial charge on any atom is -0.350 e. The van der Waals surface area contributed by atoms with E-state index in [1.165, 1.54) is 0 Å². The number of thioether (sulfide) groups is 1. The fourth-order valence-electron chi connectivity index (χ4n) is 0.982. The first-order chi connectivity index (χ1) is 6.91. The summed E-state index contributed by atoms with van der Waals surface area (Å²) in [5, 5.41) is 6.69. The molecule has 0 aromatic rings. The van der Waals surface area contributed by atoms with E-state index < -0.39 is 0 Å². The quantitative estimate of drug-likeness (QED) is 0.701. The molecule has 0 aliphatic rings. The van der Waals surface area contributed by atoms with Crippen molar-refractivity contribution in [2.24, 2.45) is 0 Å². The lowest BCUT2D eigenvalue weighted by Gasteiger charge is -2.24. The van der Waals surface area contributed by atoms with Gasteiger partial charge in [0.05, 0.1) is 6.54 Å². The second-order valence-corrected chi connectivity index (χ2v) is 5.74. The molecule has 0 saturated heterocycles. The van der Waals surface area contributed by atoms with Crippen molar-refractivity contribution in [2.45, 2.75) is 44.9 Å². The minimum atomic E-state index is -0.0934. The van der Waals surface area contributed by atoms with Gasteiger partial charge >= 0.3 is 0 Å². The van der Waals surface area contributed by atoms with Gasteiger partial charge in [0.1, 0.15) is 0 Å². The van der Waals surface area contributed by atoms with Crippen LogP contribution in [-0.4, -0.2) is 36.0 Å². The number of hydrogen-bond donors (Lipinski definition) is 2. The molecule has 2 N–H and O–H groups in total. The summed E-state index contributed by atoms with van der Waals surface area (Å²) in [4.78, 5) is 11.5. The molecule has 0 fully saturated rings. The summed E-state index contributed by atoms with van der Waals surface area (Å²) < 4.78 is 0. The van der Waals surface area contributed by atoms with Crippen molar-refractivity contribution in [3.05, 3.63) is 0 Å². The number of carbonyl (C=O) groups is 1. The fraction of sp³-hybridized carbons (Fsp3) is 0.909. The number of rotatable bonds is 7. The zero-order valence-electron chi connectivity index (χ0n) is 10.5. The zero-order valence-corrected chi connectivity index (χ0v) is 11.3. The van der Waals surface area contributed by atoms with Crippen LogP contribution in [0.5, 0.6) is 0 Å². The number of nitrogens with one attached hydrogen (secondary N) is 2. The van der Waals surface area contributed by atoms with Crippen LogP contribution in [0.2, 0.25) is 0 Å². The molecule has 0 aliphatic carbocycles. The van der Waals surface area contributed by atoms with Gasteiger partial charge in [-0.25, -0.2) is 0 Å². The molecular formula is C11H24N2OS. The molecule has 0 spiro atoms. The maximum atomic E-state index is 11.5. The summed E-state index contributed by atoms with van der Waals surface area (Å²) in [6.07, 6.45) is 3.02. The Balaban J connectivity index is 3.67. The summed E-state index contributed by atoms with van der Waals surface area (Å²) in [6.45, 7) is 9.58. The average molecular weight is 232 g/mol. The summed E-state index contributed by atoms with van der Waals surface area (Å²) in [6, 6.07) is 0. The van der Waals surface area contributed by atoms with Gasteiger partial charge in [-0.1, -0.05) is 13.8 Å². The first-order valence-corrected chi connectivity index (χ1v) is 6.74. The van der Waals surface area contributed by atoms with E-state index in [1.54, 1.807) is 11.8 Å². The highest BCUT2D eigenvalue weighted by molar-refractivity contribution is 7.99. The Morgan fingerprint density at radius 2 is 2.07 bits per heavy atom. The Bertz CT molecular complexity index is 195. The molecule has 1 amide bonds. The third-order valence-corrected chi connectivity index (χ3v) is 3.45. The van der Waals surface area contributed by atoms with Crippen LogP contribution in [0.4, 0.5) is 0 Å². The maximum absolute atomic E-state index is 11.5. The Morgan fingerprint density at radius 1 is 1.47 bits per heavy atom. The highest BCUT2D eigenvalue weighted by atomic mass is 32.2. The highest BCUT2D eigenvalue weighted by Crippen LogP contribution is 2.06. The molecule has 0 aliphatic heterocycles. The second kappa shape index (κ2) is 7.12. The minimum absolute atomic E-state index is 0.0788. The average Bonchev–Trinajstić information content (AvgIpc) is 2.16. The molecule has 0 rings (SSSR count). The lowest BCUT2D eigenvalue weighted by atomic mass is 10.0. The van der Waals surface area contributed by atoms with Crippen LogP contribution in [-0.2, 0) is 4.79 Å². The van der Waals surface area contributed by atoms with E-state index in [-0.39, 0.29) is 11.4 Å². The van der Waals surface area contributed by atoms with Gasteiger partial charge in [-0.3, -0.25) is 4.79 Å².